The Morgan fingerprint density at radius 2 is 1.67 bits per heavy atom. The molecule has 0 saturated carbocycles. The fourth-order valence-corrected chi connectivity index (χ4v) is 2.44. The monoisotopic (exact) mass is 333 g/mol. The fraction of sp³-hybridized carbons (Fsp3) is 0.600. The first-order chi connectivity index (χ1) is 11.5. The van der Waals surface area contributed by atoms with Crippen molar-refractivity contribution in [1.29, 1.82) is 0 Å². The van der Waals surface area contributed by atoms with Gasteiger partial charge in [0.15, 0.2) is 0 Å². The van der Waals surface area contributed by atoms with Crippen molar-refractivity contribution in [2.24, 2.45) is 0 Å². The van der Waals surface area contributed by atoms with Crippen molar-refractivity contribution in [2.45, 2.75) is 71.8 Å². The van der Waals surface area contributed by atoms with Gasteiger partial charge >= 0.3 is 5.97 Å². The van der Waals surface area contributed by atoms with Gasteiger partial charge in [-0.1, -0.05) is 56.7 Å². The van der Waals surface area contributed by atoms with Gasteiger partial charge in [-0.15, -0.1) is 0 Å². The molecule has 0 aromatic heterocycles. The molecule has 0 aliphatic heterocycles. The van der Waals surface area contributed by atoms with Crippen LogP contribution >= 0.6 is 0 Å². The molecule has 1 unspecified atom stereocenters. The Bertz CT molecular complexity index is 496. The Labute approximate surface area is 146 Å². The molecule has 4 heteroatoms. The van der Waals surface area contributed by atoms with Crippen molar-refractivity contribution in [3.63, 3.8) is 0 Å². The molecule has 134 valence electrons. The second-order valence-corrected chi connectivity index (χ2v) is 6.43. The first-order valence-electron chi connectivity index (χ1n) is 9.06. The van der Waals surface area contributed by atoms with Crippen molar-refractivity contribution in [1.82, 2.24) is 5.32 Å². The van der Waals surface area contributed by atoms with Crippen molar-refractivity contribution >= 4 is 11.9 Å². The lowest BCUT2D eigenvalue weighted by Gasteiger charge is -2.13. The van der Waals surface area contributed by atoms with Crippen LogP contribution in [0.15, 0.2) is 24.3 Å². The third-order valence-electron chi connectivity index (χ3n) is 3.93. The van der Waals surface area contributed by atoms with Gasteiger partial charge in [-0.2, -0.15) is 0 Å². The van der Waals surface area contributed by atoms with Crippen molar-refractivity contribution in [2.75, 3.05) is 6.61 Å². The van der Waals surface area contributed by atoms with Crippen molar-refractivity contribution < 1.29 is 14.3 Å². The average Bonchev–Trinajstić information content (AvgIpc) is 2.54. The van der Waals surface area contributed by atoms with E-state index in [0.29, 0.717) is 12.2 Å². The summed E-state index contributed by atoms with van der Waals surface area (Å²) in [5.41, 5.74) is 1.71. The minimum absolute atomic E-state index is 0.161. The van der Waals surface area contributed by atoms with E-state index in [4.69, 9.17) is 4.74 Å². The Balaban J connectivity index is 2.17. The van der Waals surface area contributed by atoms with Crippen LogP contribution in [0.2, 0.25) is 0 Å². The molecule has 0 aliphatic rings. The number of hydrogen-bond acceptors (Lipinski definition) is 3. The maximum absolute atomic E-state index is 12.1. The van der Waals surface area contributed by atoms with E-state index in [1.54, 1.807) is 12.1 Å². The average molecular weight is 333 g/mol. The molecule has 0 bridgehead atoms. The van der Waals surface area contributed by atoms with E-state index in [1.807, 2.05) is 26.0 Å². The number of ether oxygens (including phenoxy) is 1. The van der Waals surface area contributed by atoms with Gasteiger partial charge in [0.25, 0.3) is 5.91 Å². The Hall–Kier alpha value is -1.84. The van der Waals surface area contributed by atoms with Crippen LogP contribution in [-0.4, -0.2) is 24.5 Å². The molecular weight excluding hydrogens is 302 g/mol. The highest BCUT2D eigenvalue weighted by Crippen LogP contribution is 2.06. The van der Waals surface area contributed by atoms with Gasteiger partial charge in [0.1, 0.15) is 0 Å². The third-order valence-corrected chi connectivity index (χ3v) is 3.93. The zero-order valence-corrected chi connectivity index (χ0v) is 15.3. The van der Waals surface area contributed by atoms with Crippen LogP contribution in [0.3, 0.4) is 0 Å². The maximum atomic E-state index is 12.1. The fourth-order valence-electron chi connectivity index (χ4n) is 2.44. The summed E-state index contributed by atoms with van der Waals surface area (Å²) in [5, 5.41) is 2.83. The molecule has 0 spiro atoms. The van der Waals surface area contributed by atoms with E-state index in [2.05, 4.69) is 12.2 Å². The summed E-state index contributed by atoms with van der Waals surface area (Å²) in [6, 6.07) is 7.13. The van der Waals surface area contributed by atoms with Crippen molar-refractivity contribution in [3.8, 4) is 0 Å². The Morgan fingerprint density at radius 3 is 2.33 bits per heavy atom. The van der Waals surface area contributed by atoms with E-state index >= 15 is 0 Å². The molecule has 0 heterocycles. The summed E-state index contributed by atoms with van der Waals surface area (Å²) < 4.78 is 5.23. The molecule has 0 fully saturated rings. The van der Waals surface area contributed by atoms with E-state index in [9.17, 15) is 9.59 Å². The molecule has 4 nitrogen and oxygen atoms in total. The number of carbonyl (C=O) groups is 2. The predicted molar refractivity (Wildman–Crippen MR) is 97.1 cm³/mol. The standard InChI is InChI=1S/C20H31NO3/c1-4-5-6-7-8-9-14-24-19(22)15-17(3)21-20(23)18-12-10-16(2)11-13-18/h10-13,17H,4-9,14-15H2,1-3H3,(H,21,23). The molecule has 1 amide bonds. The highest BCUT2D eigenvalue weighted by molar-refractivity contribution is 5.94. The molecule has 1 aromatic carbocycles. The molecule has 1 atom stereocenters. The largest absolute Gasteiger partial charge is 0.466 e. The van der Waals surface area contributed by atoms with E-state index in [0.717, 1.165) is 18.4 Å². The molecule has 0 saturated heterocycles. The van der Waals surface area contributed by atoms with Crippen LogP contribution < -0.4 is 5.32 Å². The summed E-state index contributed by atoms with van der Waals surface area (Å²) in [6.07, 6.45) is 7.19. The first-order valence-corrected chi connectivity index (χ1v) is 9.06. The lowest BCUT2D eigenvalue weighted by molar-refractivity contribution is -0.144. The summed E-state index contributed by atoms with van der Waals surface area (Å²) in [5.74, 6) is -0.411. The third kappa shape index (κ3) is 8.70. The predicted octanol–water partition coefficient (Wildman–Crippen LogP) is 4.41. The zero-order chi connectivity index (χ0) is 17.8. The summed E-state index contributed by atoms with van der Waals surface area (Å²) in [6.45, 7) is 6.46. The van der Waals surface area contributed by atoms with E-state index < -0.39 is 0 Å². The van der Waals surface area contributed by atoms with Gasteiger partial charge in [0.05, 0.1) is 13.0 Å². The highest BCUT2D eigenvalue weighted by atomic mass is 16.5. The number of esters is 1. The van der Waals surface area contributed by atoms with Gasteiger partial charge in [0, 0.05) is 11.6 Å². The minimum Gasteiger partial charge on any atom is -0.466 e. The molecule has 0 aliphatic carbocycles. The topological polar surface area (TPSA) is 55.4 Å². The first kappa shape index (κ1) is 20.2. The number of benzene rings is 1. The van der Waals surface area contributed by atoms with Gasteiger partial charge in [-0.3, -0.25) is 9.59 Å². The van der Waals surface area contributed by atoms with Crippen LogP contribution in [0.25, 0.3) is 0 Å². The van der Waals surface area contributed by atoms with E-state index in [-0.39, 0.29) is 24.3 Å². The zero-order valence-electron chi connectivity index (χ0n) is 15.3. The molecular formula is C20H31NO3. The Morgan fingerprint density at radius 1 is 1.04 bits per heavy atom. The molecule has 0 radical (unpaired) electrons. The van der Waals surface area contributed by atoms with Gasteiger partial charge in [-0.05, 0) is 32.4 Å². The summed E-state index contributed by atoms with van der Waals surface area (Å²) in [4.78, 5) is 23.8. The number of carbonyl (C=O) groups excluding carboxylic acids is 2. The summed E-state index contributed by atoms with van der Waals surface area (Å²) >= 11 is 0. The highest BCUT2D eigenvalue weighted by Gasteiger charge is 2.14. The van der Waals surface area contributed by atoms with Crippen LogP contribution in [0.1, 0.15) is 74.7 Å². The quantitative estimate of drug-likeness (QED) is 0.482. The molecule has 1 N–H and O–H groups in total. The minimum atomic E-state index is -0.250. The number of unbranched alkanes of at least 4 members (excludes halogenated alkanes) is 5. The van der Waals surface area contributed by atoms with E-state index in [1.165, 1.54) is 25.7 Å². The SMILES string of the molecule is CCCCCCCCOC(=O)CC(C)NC(=O)c1ccc(C)cc1. The second-order valence-electron chi connectivity index (χ2n) is 6.43. The number of amides is 1. The second kappa shape index (κ2) is 11.7. The lowest BCUT2D eigenvalue weighted by Crippen LogP contribution is -2.34. The van der Waals surface area contributed by atoms with Gasteiger partial charge in [-0.25, -0.2) is 0 Å². The summed E-state index contributed by atoms with van der Waals surface area (Å²) in [7, 11) is 0. The molecule has 1 aromatic rings. The number of aryl methyl sites for hydroxylation is 1. The van der Waals surface area contributed by atoms with Crippen molar-refractivity contribution in [3.05, 3.63) is 35.4 Å². The van der Waals surface area contributed by atoms with Crippen LogP contribution in [0.5, 0.6) is 0 Å². The van der Waals surface area contributed by atoms with Crippen LogP contribution in [0, 0.1) is 6.92 Å². The number of hydrogen-bond donors (Lipinski definition) is 1. The normalized spacial score (nSPS) is 11.8. The Kier molecular flexibility index (Phi) is 9.81. The maximum Gasteiger partial charge on any atom is 0.307 e. The van der Waals surface area contributed by atoms with Gasteiger partial charge < -0.3 is 10.1 Å². The molecule has 24 heavy (non-hydrogen) atoms. The number of rotatable bonds is 11. The van der Waals surface area contributed by atoms with Crippen LogP contribution in [-0.2, 0) is 9.53 Å². The number of nitrogens with one attached hydrogen (secondary N) is 1. The van der Waals surface area contributed by atoms with Crippen LogP contribution in [0.4, 0.5) is 0 Å². The smallest absolute Gasteiger partial charge is 0.307 e. The van der Waals surface area contributed by atoms with Gasteiger partial charge in [0.2, 0.25) is 0 Å². The lowest BCUT2D eigenvalue weighted by atomic mass is 10.1. The molecule has 1 rings (SSSR count).